The van der Waals surface area contributed by atoms with Crippen molar-refractivity contribution >= 4 is 0 Å². The van der Waals surface area contributed by atoms with E-state index in [2.05, 4.69) is 40.2 Å². The quantitative estimate of drug-likeness (QED) is 0.818. The summed E-state index contributed by atoms with van der Waals surface area (Å²) < 4.78 is 7.21. The lowest BCUT2D eigenvalue weighted by Crippen LogP contribution is -2.52. The Balaban J connectivity index is 1.63. The summed E-state index contributed by atoms with van der Waals surface area (Å²) >= 11 is 0. The third-order valence-electron chi connectivity index (χ3n) is 5.16. The highest BCUT2D eigenvalue weighted by molar-refractivity contribution is 5.36. The maximum atomic E-state index is 9.52. The van der Waals surface area contributed by atoms with E-state index in [1.807, 2.05) is 24.0 Å². The van der Waals surface area contributed by atoms with Gasteiger partial charge in [0.15, 0.2) is 0 Å². The molecule has 0 amide bonds. The van der Waals surface area contributed by atoms with E-state index in [1.165, 1.54) is 16.7 Å². The number of piperazine rings is 1. The van der Waals surface area contributed by atoms with Crippen LogP contribution >= 0.6 is 0 Å². The molecule has 1 fully saturated rings. The minimum absolute atomic E-state index is 0.226. The van der Waals surface area contributed by atoms with Crippen molar-refractivity contribution in [1.29, 1.82) is 0 Å². The molecule has 2 aromatic rings. The van der Waals surface area contributed by atoms with Crippen LogP contribution in [-0.2, 0) is 20.1 Å². The van der Waals surface area contributed by atoms with Gasteiger partial charge in [-0.3, -0.25) is 14.5 Å². The lowest BCUT2D eigenvalue weighted by Gasteiger charge is -2.41. The van der Waals surface area contributed by atoms with Gasteiger partial charge in [-0.1, -0.05) is 12.1 Å². The van der Waals surface area contributed by atoms with Gasteiger partial charge in [-0.2, -0.15) is 5.10 Å². The number of ether oxygens (including phenoxy) is 1. The van der Waals surface area contributed by atoms with Crippen molar-refractivity contribution < 1.29 is 9.84 Å². The van der Waals surface area contributed by atoms with Crippen LogP contribution in [0.4, 0.5) is 0 Å². The van der Waals surface area contributed by atoms with Gasteiger partial charge in [0.05, 0.1) is 13.3 Å². The highest BCUT2D eigenvalue weighted by Gasteiger charge is 2.27. The zero-order valence-electron chi connectivity index (χ0n) is 16.1. The molecule has 1 N–H and O–H groups in total. The SMILES string of the molecule is COc1ccc(CN2CCN(Cc3cnn(C)c3)C[C@@H]2CCO)cc1C. The van der Waals surface area contributed by atoms with E-state index >= 15 is 0 Å². The zero-order chi connectivity index (χ0) is 18.5. The molecule has 1 aliphatic rings. The first-order valence-electron chi connectivity index (χ1n) is 9.27. The van der Waals surface area contributed by atoms with E-state index in [4.69, 9.17) is 4.74 Å². The lowest BCUT2D eigenvalue weighted by atomic mass is 10.1. The molecule has 6 nitrogen and oxygen atoms in total. The summed E-state index contributed by atoms with van der Waals surface area (Å²) in [7, 11) is 3.66. The van der Waals surface area contributed by atoms with Gasteiger partial charge in [0.25, 0.3) is 0 Å². The zero-order valence-corrected chi connectivity index (χ0v) is 16.1. The molecular weight excluding hydrogens is 328 g/mol. The molecule has 0 unspecified atom stereocenters. The number of nitrogens with zero attached hydrogens (tertiary/aromatic N) is 4. The first-order valence-corrected chi connectivity index (χ1v) is 9.27. The van der Waals surface area contributed by atoms with Crippen LogP contribution < -0.4 is 4.74 Å². The summed E-state index contributed by atoms with van der Waals surface area (Å²) in [6, 6.07) is 6.76. The standard InChI is InChI=1S/C20H30N4O2/c1-16-10-17(4-5-20(16)26-3)14-24-8-7-23(15-19(24)6-9-25)13-18-11-21-22(2)12-18/h4-5,10-12,19,25H,6-9,13-15H2,1-3H3/t19-/m0/s1. The Hall–Kier alpha value is -1.89. The summed E-state index contributed by atoms with van der Waals surface area (Å²) in [5.74, 6) is 0.932. The minimum atomic E-state index is 0.226. The Morgan fingerprint density at radius 3 is 2.73 bits per heavy atom. The van der Waals surface area contributed by atoms with Gasteiger partial charge in [0.2, 0.25) is 0 Å². The van der Waals surface area contributed by atoms with E-state index in [-0.39, 0.29) is 6.61 Å². The molecule has 26 heavy (non-hydrogen) atoms. The highest BCUT2D eigenvalue weighted by Crippen LogP contribution is 2.22. The second kappa shape index (κ2) is 8.66. The van der Waals surface area contributed by atoms with Crippen molar-refractivity contribution in [1.82, 2.24) is 19.6 Å². The van der Waals surface area contributed by atoms with Gasteiger partial charge in [0, 0.05) is 64.2 Å². The fourth-order valence-electron chi connectivity index (χ4n) is 3.82. The Morgan fingerprint density at radius 2 is 2.08 bits per heavy atom. The van der Waals surface area contributed by atoms with E-state index in [1.54, 1.807) is 7.11 Å². The maximum Gasteiger partial charge on any atom is 0.121 e. The molecular formula is C20H30N4O2. The van der Waals surface area contributed by atoms with Crippen molar-refractivity contribution in [2.45, 2.75) is 32.5 Å². The molecule has 1 aromatic heterocycles. The van der Waals surface area contributed by atoms with Crippen molar-refractivity contribution in [3.63, 3.8) is 0 Å². The Bertz CT molecular complexity index is 716. The van der Waals surface area contributed by atoms with Crippen molar-refractivity contribution in [2.75, 3.05) is 33.4 Å². The third kappa shape index (κ3) is 4.63. The van der Waals surface area contributed by atoms with Gasteiger partial charge in [-0.05, 0) is 30.5 Å². The number of aliphatic hydroxyl groups is 1. The molecule has 1 aliphatic heterocycles. The number of methoxy groups -OCH3 is 1. The molecule has 0 spiro atoms. The fraction of sp³-hybridized carbons (Fsp3) is 0.550. The van der Waals surface area contributed by atoms with Gasteiger partial charge >= 0.3 is 0 Å². The van der Waals surface area contributed by atoms with E-state index < -0.39 is 0 Å². The second-order valence-electron chi connectivity index (χ2n) is 7.20. The van der Waals surface area contributed by atoms with Crippen molar-refractivity contribution in [3.8, 4) is 5.75 Å². The second-order valence-corrected chi connectivity index (χ2v) is 7.20. The van der Waals surface area contributed by atoms with E-state index in [9.17, 15) is 5.11 Å². The third-order valence-corrected chi connectivity index (χ3v) is 5.16. The predicted octanol–water partition coefficient (Wildman–Crippen LogP) is 1.81. The number of benzene rings is 1. The average Bonchev–Trinajstić information content (AvgIpc) is 3.02. The fourth-order valence-corrected chi connectivity index (χ4v) is 3.82. The molecule has 142 valence electrons. The number of hydrogen-bond donors (Lipinski definition) is 1. The summed E-state index contributed by atoms with van der Waals surface area (Å²) in [4.78, 5) is 4.96. The van der Waals surface area contributed by atoms with Gasteiger partial charge in [0.1, 0.15) is 5.75 Å². The molecule has 1 saturated heterocycles. The van der Waals surface area contributed by atoms with Crippen LogP contribution in [0.2, 0.25) is 0 Å². The highest BCUT2D eigenvalue weighted by atomic mass is 16.5. The smallest absolute Gasteiger partial charge is 0.121 e. The largest absolute Gasteiger partial charge is 0.496 e. The lowest BCUT2D eigenvalue weighted by molar-refractivity contribution is 0.0499. The molecule has 0 bridgehead atoms. The number of hydrogen-bond acceptors (Lipinski definition) is 5. The van der Waals surface area contributed by atoms with Crippen molar-refractivity contribution in [3.05, 3.63) is 47.3 Å². The summed E-state index contributed by atoms with van der Waals surface area (Å²) in [6.45, 7) is 7.16. The van der Waals surface area contributed by atoms with E-state index in [0.717, 1.165) is 44.9 Å². The predicted molar refractivity (Wildman–Crippen MR) is 102 cm³/mol. The van der Waals surface area contributed by atoms with Crippen LogP contribution in [0.5, 0.6) is 5.75 Å². The molecule has 6 heteroatoms. The Morgan fingerprint density at radius 1 is 1.23 bits per heavy atom. The van der Waals surface area contributed by atoms with Crippen LogP contribution in [-0.4, -0.2) is 64.1 Å². The molecule has 0 aliphatic carbocycles. The van der Waals surface area contributed by atoms with Crippen LogP contribution in [0.1, 0.15) is 23.1 Å². The summed E-state index contributed by atoms with van der Waals surface area (Å²) in [5.41, 5.74) is 3.71. The molecule has 0 saturated carbocycles. The minimum Gasteiger partial charge on any atom is -0.496 e. The molecule has 2 heterocycles. The molecule has 0 radical (unpaired) electrons. The van der Waals surface area contributed by atoms with Crippen LogP contribution in [0.3, 0.4) is 0 Å². The molecule has 1 aromatic carbocycles. The van der Waals surface area contributed by atoms with Gasteiger partial charge in [-0.15, -0.1) is 0 Å². The topological polar surface area (TPSA) is 53.8 Å². The first kappa shape index (κ1) is 18.9. The number of aryl methyl sites for hydroxylation is 2. The normalized spacial score (nSPS) is 19.0. The van der Waals surface area contributed by atoms with Gasteiger partial charge in [-0.25, -0.2) is 0 Å². The number of aliphatic hydroxyl groups excluding tert-OH is 1. The van der Waals surface area contributed by atoms with Crippen LogP contribution in [0.25, 0.3) is 0 Å². The Kier molecular flexibility index (Phi) is 6.29. The maximum absolute atomic E-state index is 9.52. The first-order chi connectivity index (χ1) is 12.6. The summed E-state index contributed by atoms with van der Waals surface area (Å²) in [6.07, 6.45) is 4.82. The summed E-state index contributed by atoms with van der Waals surface area (Å²) in [5, 5.41) is 13.8. The average molecular weight is 358 g/mol. The molecule has 3 rings (SSSR count). The number of aromatic nitrogens is 2. The van der Waals surface area contributed by atoms with E-state index in [0.29, 0.717) is 6.04 Å². The van der Waals surface area contributed by atoms with Crippen LogP contribution in [0, 0.1) is 6.92 Å². The number of rotatable bonds is 7. The van der Waals surface area contributed by atoms with Gasteiger partial charge < -0.3 is 9.84 Å². The monoisotopic (exact) mass is 358 g/mol. The molecule has 1 atom stereocenters. The van der Waals surface area contributed by atoms with Crippen molar-refractivity contribution in [2.24, 2.45) is 7.05 Å². The van der Waals surface area contributed by atoms with Crippen LogP contribution in [0.15, 0.2) is 30.6 Å². The Labute approximate surface area is 156 Å².